The molecule has 6 heteroatoms. The Morgan fingerprint density at radius 2 is 2.32 bits per heavy atom. The van der Waals surface area contributed by atoms with Crippen molar-refractivity contribution in [2.24, 2.45) is 0 Å². The van der Waals surface area contributed by atoms with Crippen LogP contribution in [0.2, 0.25) is 0 Å². The summed E-state index contributed by atoms with van der Waals surface area (Å²) >= 11 is 3.30. The van der Waals surface area contributed by atoms with Gasteiger partial charge in [-0.05, 0) is 40.5 Å². The number of carbonyl (C=O) groups excluding carboxylic acids is 1. The molecule has 0 radical (unpaired) electrons. The van der Waals surface area contributed by atoms with Gasteiger partial charge in [-0.3, -0.25) is 4.79 Å². The molecule has 2 rings (SSSR count). The molecule has 1 aromatic carbocycles. The van der Waals surface area contributed by atoms with Crippen molar-refractivity contribution in [3.05, 3.63) is 46.5 Å². The summed E-state index contributed by atoms with van der Waals surface area (Å²) in [6, 6.07) is 5.14. The van der Waals surface area contributed by atoms with Gasteiger partial charge in [0.25, 0.3) is 5.91 Å². The maximum absolute atomic E-state index is 11.9. The molecule has 1 heterocycles. The van der Waals surface area contributed by atoms with Crippen molar-refractivity contribution in [3.63, 3.8) is 0 Å². The summed E-state index contributed by atoms with van der Waals surface area (Å²) < 4.78 is 0.732. The van der Waals surface area contributed by atoms with Crippen LogP contribution in [0.3, 0.4) is 0 Å². The first-order valence-electron chi connectivity index (χ1n) is 5.98. The number of carbonyl (C=O) groups is 1. The highest BCUT2D eigenvalue weighted by Crippen LogP contribution is 2.20. The van der Waals surface area contributed by atoms with Crippen LogP contribution in [0.15, 0.2) is 35.1 Å². The summed E-state index contributed by atoms with van der Waals surface area (Å²) in [5, 5.41) is 2.87. The van der Waals surface area contributed by atoms with E-state index in [0.717, 1.165) is 23.1 Å². The highest BCUT2D eigenvalue weighted by atomic mass is 79.9. The molecular weight excluding hydrogens is 308 g/mol. The Kier molecular flexibility index (Phi) is 4.57. The van der Waals surface area contributed by atoms with Gasteiger partial charge in [-0.2, -0.15) is 0 Å². The number of amides is 1. The molecule has 0 aliphatic rings. The fourth-order valence-electron chi connectivity index (χ4n) is 1.66. The van der Waals surface area contributed by atoms with Crippen LogP contribution in [0.5, 0.6) is 0 Å². The van der Waals surface area contributed by atoms with E-state index in [1.807, 2.05) is 0 Å². The van der Waals surface area contributed by atoms with Crippen LogP contribution < -0.4 is 11.1 Å². The zero-order valence-electron chi connectivity index (χ0n) is 10.3. The Balaban J connectivity index is 1.79. The third-order valence-corrected chi connectivity index (χ3v) is 3.38. The lowest BCUT2D eigenvalue weighted by molar-refractivity contribution is 0.0953. The number of nitrogens with one attached hydrogen (secondary N) is 2. The molecule has 0 saturated carbocycles. The number of nitrogens with zero attached hydrogens (tertiary/aromatic N) is 1. The van der Waals surface area contributed by atoms with E-state index in [4.69, 9.17) is 5.73 Å². The smallest absolute Gasteiger partial charge is 0.251 e. The van der Waals surface area contributed by atoms with E-state index in [9.17, 15) is 4.79 Å². The number of aromatic amines is 1. The molecule has 4 N–H and O–H groups in total. The van der Waals surface area contributed by atoms with E-state index in [-0.39, 0.29) is 5.91 Å². The quantitative estimate of drug-likeness (QED) is 0.582. The molecule has 1 amide bonds. The second-order valence-corrected chi connectivity index (χ2v) is 4.99. The van der Waals surface area contributed by atoms with E-state index in [2.05, 4.69) is 31.2 Å². The van der Waals surface area contributed by atoms with Gasteiger partial charge in [0.15, 0.2) is 0 Å². The molecule has 0 aliphatic carbocycles. The molecule has 0 fully saturated rings. The Morgan fingerprint density at radius 1 is 1.47 bits per heavy atom. The van der Waals surface area contributed by atoms with Crippen molar-refractivity contribution in [1.29, 1.82) is 0 Å². The van der Waals surface area contributed by atoms with Crippen molar-refractivity contribution in [2.75, 3.05) is 12.3 Å². The number of nitrogen functional groups attached to an aromatic ring is 1. The van der Waals surface area contributed by atoms with E-state index >= 15 is 0 Å². The molecule has 0 bridgehead atoms. The first-order valence-corrected chi connectivity index (χ1v) is 6.77. The van der Waals surface area contributed by atoms with Crippen LogP contribution in [-0.2, 0) is 6.42 Å². The molecule has 0 unspecified atom stereocenters. The van der Waals surface area contributed by atoms with Crippen LogP contribution in [0.25, 0.3) is 0 Å². The summed E-state index contributed by atoms with van der Waals surface area (Å²) in [5.41, 5.74) is 6.89. The average Bonchev–Trinajstić information content (AvgIpc) is 2.91. The van der Waals surface area contributed by atoms with Gasteiger partial charge in [0, 0.05) is 41.1 Å². The zero-order chi connectivity index (χ0) is 13.7. The van der Waals surface area contributed by atoms with Crippen LogP contribution in [0, 0.1) is 0 Å². The van der Waals surface area contributed by atoms with Crippen LogP contribution >= 0.6 is 15.9 Å². The Hall–Kier alpha value is -1.82. The number of nitrogens with two attached hydrogens (primary N) is 1. The highest BCUT2D eigenvalue weighted by molar-refractivity contribution is 9.10. The second-order valence-electron chi connectivity index (χ2n) is 4.13. The van der Waals surface area contributed by atoms with E-state index in [1.54, 1.807) is 30.6 Å². The predicted octanol–water partition coefficient (Wildman–Crippen LogP) is 2.12. The lowest BCUT2D eigenvalue weighted by atomic mass is 10.2. The number of hydrogen-bond acceptors (Lipinski definition) is 3. The van der Waals surface area contributed by atoms with Crippen LogP contribution in [-0.4, -0.2) is 22.4 Å². The summed E-state index contributed by atoms with van der Waals surface area (Å²) in [6.07, 6.45) is 5.17. The average molecular weight is 323 g/mol. The van der Waals surface area contributed by atoms with Gasteiger partial charge in [0.2, 0.25) is 0 Å². The van der Waals surface area contributed by atoms with E-state index < -0.39 is 0 Å². The molecule has 19 heavy (non-hydrogen) atoms. The van der Waals surface area contributed by atoms with Gasteiger partial charge in [-0.15, -0.1) is 0 Å². The van der Waals surface area contributed by atoms with Gasteiger partial charge in [0.05, 0.1) is 0 Å². The lowest BCUT2D eigenvalue weighted by Crippen LogP contribution is -2.24. The summed E-state index contributed by atoms with van der Waals surface area (Å²) in [7, 11) is 0. The van der Waals surface area contributed by atoms with E-state index in [0.29, 0.717) is 17.8 Å². The molecule has 1 aromatic heterocycles. The van der Waals surface area contributed by atoms with Crippen molar-refractivity contribution in [3.8, 4) is 0 Å². The van der Waals surface area contributed by atoms with E-state index in [1.165, 1.54) is 0 Å². The van der Waals surface area contributed by atoms with Gasteiger partial charge < -0.3 is 16.0 Å². The molecule has 100 valence electrons. The molecule has 0 saturated heterocycles. The van der Waals surface area contributed by atoms with Crippen LogP contribution in [0.4, 0.5) is 5.69 Å². The van der Waals surface area contributed by atoms with Gasteiger partial charge in [-0.1, -0.05) is 0 Å². The molecular formula is C13H15BrN4O. The number of H-pyrrole nitrogens is 1. The summed E-state index contributed by atoms with van der Waals surface area (Å²) in [4.78, 5) is 19.0. The predicted molar refractivity (Wildman–Crippen MR) is 77.8 cm³/mol. The number of anilines is 1. The minimum Gasteiger partial charge on any atom is -0.398 e. The summed E-state index contributed by atoms with van der Waals surface area (Å²) in [5.74, 6) is 0.838. The third kappa shape index (κ3) is 3.82. The minimum atomic E-state index is -0.0971. The first-order chi connectivity index (χ1) is 9.16. The van der Waals surface area contributed by atoms with Gasteiger partial charge >= 0.3 is 0 Å². The van der Waals surface area contributed by atoms with Crippen molar-refractivity contribution in [1.82, 2.24) is 15.3 Å². The standard InChI is InChI=1S/C13H15BrN4O/c14-10-8-9(3-4-11(10)15)13(19)18-5-1-2-12-16-6-7-17-12/h3-4,6-8H,1-2,5,15H2,(H,16,17)(H,18,19). The SMILES string of the molecule is Nc1ccc(C(=O)NCCCc2ncc[nH]2)cc1Br. The maximum Gasteiger partial charge on any atom is 0.251 e. The lowest BCUT2D eigenvalue weighted by Gasteiger charge is -2.06. The topological polar surface area (TPSA) is 83.8 Å². The Bertz CT molecular complexity index is 554. The second kappa shape index (κ2) is 6.38. The van der Waals surface area contributed by atoms with Crippen molar-refractivity contribution >= 4 is 27.5 Å². The number of benzene rings is 1. The van der Waals surface area contributed by atoms with Crippen LogP contribution in [0.1, 0.15) is 22.6 Å². The van der Waals surface area contributed by atoms with Gasteiger partial charge in [-0.25, -0.2) is 4.98 Å². The number of aryl methyl sites for hydroxylation is 1. The molecule has 0 spiro atoms. The van der Waals surface area contributed by atoms with Crippen molar-refractivity contribution in [2.45, 2.75) is 12.8 Å². The highest BCUT2D eigenvalue weighted by Gasteiger charge is 2.06. The zero-order valence-corrected chi connectivity index (χ0v) is 11.9. The molecule has 0 atom stereocenters. The number of rotatable bonds is 5. The van der Waals surface area contributed by atoms with Gasteiger partial charge in [0.1, 0.15) is 5.82 Å². The molecule has 2 aromatic rings. The molecule has 0 aliphatic heterocycles. The third-order valence-electron chi connectivity index (χ3n) is 2.69. The van der Waals surface area contributed by atoms with Crippen molar-refractivity contribution < 1.29 is 4.79 Å². The fraction of sp³-hybridized carbons (Fsp3) is 0.231. The number of imidazole rings is 1. The normalized spacial score (nSPS) is 10.4. The largest absolute Gasteiger partial charge is 0.398 e. The maximum atomic E-state index is 11.9. The minimum absolute atomic E-state index is 0.0971. The Labute approximate surface area is 119 Å². The number of aromatic nitrogens is 2. The first kappa shape index (κ1) is 13.6. The summed E-state index contributed by atoms with van der Waals surface area (Å²) in [6.45, 7) is 0.613. The molecule has 5 nitrogen and oxygen atoms in total. The fourth-order valence-corrected chi connectivity index (χ4v) is 2.04. The number of halogens is 1. The Morgan fingerprint density at radius 3 is 3.00 bits per heavy atom. The number of hydrogen-bond donors (Lipinski definition) is 3. The monoisotopic (exact) mass is 322 g/mol.